The molecule has 1 aromatic carbocycles. The molecule has 4 nitrogen and oxygen atoms in total. The van der Waals surface area contributed by atoms with Crippen LogP contribution in [0.4, 0.5) is 0 Å². The van der Waals surface area contributed by atoms with Crippen LogP contribution in [0.2, 0.25) is 5.02 Å². The van der Waals surface area contributed by atoms with Gasteiger partial charge in [-0.2, -0.15) is 0 Å². The van der Waals surface area contributed by atoms with Gasteiger partial charge in [-0.1, -0.05) is 18.5 Å². The molecule has 1 amide bonds. The second-order valence-corrected chi connectivity index (χ2v) is 8.00. The summed E-state index contributed by atoms with van der Waals surface area (Å²) in [4.78, 5) is 14.4. The van der Waals surface area contributed by atoms with Gasteiger partial charge in [0.2, 0.25) is 0 Å². The van der Waals surface area contributed by atoms with Gasteiger partial charge in [0.15, 0.2) is 9.84 Å². The lowest BCUT2D eigenvalue weighted by Gasteiger charge is -2.22. The van der Waals surface area contributed by atoms with Crippen LogP contribution >= 0.6 is 11.6 Å². The number of benzene rings is 1. The van der Waals surface area contributed by atoms with Crippen molar-refractivity contribution < 1.29 is 13.2 Å². The van der Waals surface area contributed by atoms with E-state index in [-0.39, 0.29) is 15.8 Å². The van der Waals surface area contributed by atoms with Crippen molar-refractivity contribution in [1.29, 1.82) is 0 Å². The summed E-state index contributed by atoms with van der Waals surface area (Å²) in [5, 5.41) is 0.151. The Hall–Kier alpha value is -1.07. The van der Waals surface area contributed by atoms with Gasteiger partial charge in [0.1, 0.15) is 0 Å². The number of carbonyl (C=O) groups excluding carboxylic acids is 1. The molecule has 1 fully saturated rings. The van der Waals surface area contributed by atoms with Crippen molar-refractivity contribution in [1.82, 2.24) is 4.90 Å². The number of nitrogens with zero attached hydrogens (tertiary/aromatic N) is 1. The van der Waals surface area contributed by atoms with Gasteiger partial charge in [0, 0.05) is 24.9 Å². The summed E-state index contributed by atoms with van der Waals surface area (Å²) in [5.74, 6) is 0.479. The summed E-state index contributed by atoms with van der Waals surface area (Å²) in [6.45, 7) is 3.46. The second-order valence-electron chi connectivity index (χ2n) is 5.61. The Kier molecular flexibility index (Phi) is 4.94. The van der Waals surface area contributed by atoms with Crippen molar-refractivity contribution >= 4 is 27.3 Å². The minimum Gasteiger partial charge on any atom is -0.338 e. The van der Waals surface area contributed by atoms with E-state index in [4.69, 9.17) is 11.6 Å². The predicted molar refractivity (Wildman–Crippen MR) is 83.5 cm³/mol. The highest BCUT2D eigenvalue weighted by Gasteiger charge is 2.27. The van der Waals surface area contributed by atoms with E-state index in [9.17, 15) is 13.2 Å². The maximum absolute atomic E-state index is 12.6. The fraction of sp³-hybridized carbons (Fsp3) is 0.533. The molecule has 1 saturated carbocycles. The third kappa shape index (κ3) is 4.20. The molecule has 0 aliphatic heterocycles. The van der Waals surface area contributed by atoms with Crippen molar-refractivity contribution in [3.63, 3.8) is 0 Å². The number of amides is 1. The summed E-state index contributed by atoms with van der Waals surface area (Å²) in [6, 6.07) is 4.46. The van der Waals surface area contributed by atoms with Crippen LogP contribution in [0.25, 0.3) is 0 Å². The van der Waals surface area contributed by atoms with Crippen molar-refractivity contribution in [2.75, 3.05) is 19.3 Å². The molecule has 0 heterocycles. The molecule has 1 aromatic rings. The van der Waals surface area contributed by atoms with Crippen LogP contribution in [-0.4, -0.2) is 38.6 Å². The average molecular weight is 330 g/mol. The van der Waals surface area contributed by atoms with E-state index in [0.717, 1.165) is 19.2 Å². The largest absolute Gasteiger partial charge is 0.338 e. The zero-order chi connectivity index (χ0) is 15.6. The van der Waals surface area contributed by atoms with Gasteiger partial charge in [-0.3, -0.25) is 4.79 Å². The van der Waals surface area contributed by atoms with Crippen molar-refractivity contribution in [2.45, 2.75) is 31.1 Å². The van der Waals surface area contributed by atoms with Crippen LogP contribution in [0.5, 0.6) is 0 Å². The van der Waals surface area contributed by atoms with E-state index in [1.54, 1.807) is 6.07 Å². The summed E-state index contributed by atoms with van der Waals surface area (Å²) in [5.41, 5.74) is 0.383. The lowest BCUT2D eigenvalue weighted by molar-refractivity contribution is 0.0747. The first-order chi connectivity index (χ1) is 9.82. The highest BCUT2D eigenvalue weighted by atomic mass is 35.5. The molecular weight excluding hydrogens is 310 g/mol. The summed E-state index contributed by atoms with van der Waals surface area (Å²) >= 11 is 5.92. The molecule has 1 aliphatic carbocycles. The topological polar surface area (TPSA) is 54.5 Å². The SMILES string of the molecule is CCCN(CC1CC1)C(=O)c1ccc(Cl)c(S(C)(=O)=O)c1. The van der Waals surface area contributed by atoms with E-state index in [1.165, 1.54) is 25.0 Å². The first kappa shape index (κ1) is 16.3. The second kappa shape index (κ2) is 6.36. The first-order valence-electron chi connectivity index (χ1n) is 7.11. The van der Waals surface area contributed by atoms with Gasteiger partial charge in [0.05, 0.1) is 9.92 Å². The van der Waals surface area contributed by atoms with Crippen LogP contribution in [0.15, 0.2) is 23.1 Å². The molecule has 0 bridgehead atoms. The lowest BCUT2D eigenvalue weighted by Crippen LogP contribution is -2.33. The zero-order valence-corrected chi connectivity index (χ0v) is 13.9. The quantitative estimate of drug-likeness (QED) is 0.806. The predicted octanol–water partition coefficient (Wildman–Crippen LogP) is 3.01. The molecule has 0 saturated heterocycles. The van der Waals surface area contributed by atoms with E-state index in [0.29, 0.717) is 18.0 Å². The molecule has 0 spiro atoms. The number of rotatable bonds is 6. The van der Waals surface area contributed by atoms with Crippen LogP contribution < -0.4 is 0 Å². The van der Waals surface area contributed by atoms with Crippen LogP contribution in [0, 0.1) is 5.92 Å². The Bertz CT molecular complexity index is 638. The lowest BCUT2D eigenvalue weighted by atomic mass is 10.2. The van der Waals surface area contributed by atoms with Gasteiger partial charge in [-0.15, -0.1) is 0 Å². The molecular formula is C15H20ClNO3S. The molecule has 6 heteroatoms. The Morgan fingerprint density at radius 1 is 1.38 bits per heavy atom. The van der Waals surface area contributed by atoms with Crippen LogP contribution in [0.1, 0.15) is 36.5 Å². The summed E-state index contributed by atoms with van der Waals surface area (Å²) in [7, 11) is -3.44. The number of carbonyl (C=O) groups is 1. The fourth-order valence-electron chi connectivity index (χ4n) is 2.26. The molecule has 0 atom stereocenters. The molecule has 0 N–H and O–H groups in total. The van der Waals surface area contributed by atoms with Gasteiger partial charge in [0.25, 0.3) is 5.91 Å². The Morgan fingerprint density at radius 3 is 2.57 bits per heavy atom. The van der Waals surface area contributed by atoms with E-state index >= 15 is 0 Å². The zero-order valence-electron chi connectivity index (χ0n) is 12.3. The highest BCUT2D eigenvalue weighted by molar-refractivity contribution is 7.90. The van der Waals surface area contributed by atoms with Gasteiger partial charge in [-0.05, 0) is 43.4 Å². The standard InChI is InChI=1S/C15H20ClNO3S/c1-3-8-17(10-11-4-5-11)15(18)12-6-7-13(16)14(9-12)21(2,19)20/h6-7,9,11H,3-5,8,10H2,1-2H3. The maximum atomic E-state index is 12.6. The number of halogens is 1. The minimum atomic E-state index is -3.44. The van der Waals surface area contributed by atoms with Crippen LogP contribution in [-0.2, 0) is 9.84 Å². The van der Waals surface area contributed by atoms with Gasteiger partial charge in [-0.25, -0.2) is 8.42 Å². The minimum absolute atomic E-state index is 0.0119. The highest BCUT2D eigenvalue weighted by Crippen LogP contribution is 2.30. The molecule has 2 rings (SSSR count). The molecule has 1 aliphatic rings. The average Bonchev–Trinajstić information content (AvgIpc) is 3.20. The van der Waals surface area contributed by atoms with E-state index in [2.05, 4.69) is 0 Å². The Balaban J connectivity index is 2.28. The van der Waals surface area contributed by atoms with E-state index < -0.39 is 9.84 Å². The Morgan fingerprint density at radius 2 is 2.05 bits per heavy atom. The van der Waals surface area contributed by atoms with Gasteiger partial charge < -0.3 is 4.90 Å². The van der Waals surface area contributed by atoms with Crippen molar-refractivity contribution in [3.8, 4) is 0 Å². The van der Waals surface area contributed by atoms with Crippen molar-refractivity contribution in [2.24, 2.45) is 5.92 Å². The molecule has 21 heavy (non-hydrogen) atoms. The van der Waals surface area contributed by atoms with E-state index in [1.807, 2.05) is 11.8 Å². The number of sulfone groups is 1. The maximum Gasteiger partial charge on any atom is 0.253 e. The molecule has 0 radical (unpaired) electrons. The summed E-state index contributed by atoms with van der Waals surface area (Å²) in [6.07, 6.45) is 4.31. The van der Waals surface area contributed by atoms with Crippen molar-refractivity contribution in [3.05, 3.63) is 28.8 Å². The smallest absolute Gasteiger partial charge is 0.253 e. The Labute approximate surface area is 131 Å². The number of hydrogen-bond acceptors (Lipinski definition) is 3. The van der Waals surface area contributed by atoms with Crippen LogP contribution in [0.3, 0.4) is 0 Å². The third-order valence-electron chi connectivity index (χ3n) is 3.53. The monoisotopic (exact) mass is 329 g/mol. The molecule has 0 unspecified atom stereocenters. The normalized spacial score (nSPS) is 15.0. The third-order valence-corrected chi connectivity index (χ3v) is 5.11. The summed E-state index contributed by atoms with van der Waals surface area (Å²) < 4.78 is 23.4. The fourth-order valence-corrected chi connectivity index (χ4v) is 3.56. The first-order valence-corrected chi connectivity index (χ1v) is 9.38. The molecule has 116 valence electrons. The molecule has 0 aromatic heterocycles. The number of hydrogen-bond donors (Lipinski definition) is 0. The van der Waals surface area contributed by atoms with Gasteiger partial charge >= 0.3 is 0 Å².